The zero-order valence-electron chi connectivity index (χ0n) is 12.3. The molecule has 3 N–H and O–H groups in total. The van der Waals surface area contributed by atoms with Crippen molar-refractivity contribution in [1.82, 2.24) is 10.2 Å². The molecule has 1 rings (SSSR count). The molecule has 0 saturated carbocycles. The van der Waals surface area contributed by atoms with Gasteiger partial charge in [0.2, 0.25) is 0 Å². The molecule has 116 valence electrons. The maximum atomic E-state index is 11.6. The van der Waals surface area contributed by atoms with Crippen molar-refractivity contribution in [3.63, 3.8) is 0 Å². The van der Waals surface area contributed by atoms with E-state index in [2.05, 4.69) is 10.6 Å². The number of aromatic carboxylic acids is 1. The summed E-state index contributed by atoms with van der Waals surface area (Å²) in [6.07, 6.45) is 0. The molecular weight excluding hydrogens is 274 g/mol. The predicted molar refractivity (Wildman–Crippen MR) is 79.8 cm³/mol. The quantitative estimate of drug-likeness (QED) is 0.667. The van der Waals surface area contributed by atoms with E-state index >= 15 is 0 Å². The minimum Gasteiger partial charge on any atom is -0.478 e. The fourth-order valence-electron chi connectivity index (χ4n) is 1.59. The van der Waals surface area contributed by atoms with Crippen LogP contribution in [0.4, 0.5) is 10.5 Å². The van der Waals surface area contributed by atoms with Crippen molar-refractivity contribution in [3.8, 4) is 0 Å². The molecule has 0 aliphatic heterocycles. The molecule has 7 heteroatoms. The normalized spacial score (nSPS) is 10.4. The van der Waals surface area contributed by atoms with Gasteiger partial charge in [-0.3, -0.25) is 0 Å². The van der Waals surface area contributed by atoms with Crippen molar-refractivity contribution in [1.29, 1.82) is 0 Å². The van der Waals surface area contributed by atoms with Crippen LogP contribution in [0.2, 0.25) is 0 Å². The maximum Gasteiger partial charge on any atom is 0.335 e. The van der Waals surface area contributed by atoms with Crippen LogP contribution in [0.5, 0.6) is 0 Å². The van der Waals surface area contributed by atoms with Gasteiger partial charge in [0, 0.05) is 32.4 Å². The summed E-state index contributed by atoms with van der Waals surface area (Å²) in [5.74, 6) is -0.995. The molecule has 2 amide bonds. The monoisotopic (exact) mass is 295 g/mol. The van der Waals surface area contributed by atoms with E-state index in [4.69, 9.17) is 9.84 Å². The van der Waals surface area contributed by atoms with E-state index in [1.54, 1.807) is 19.2 Å². The van der Waals surface area contributed by atoms with Gasteiger partial charge < -0.3 is 25.4 Å². The largest absolute Gasteiger partial charge is 0.478 e. The number of carboxylic acids is 1. The van der Waals surface area contributed by atoms with Gasteiger partial charge in [-0.05, 0) is 31.3 Å². The molecule has 0 saturated heterocycles. The van der Waals surface area contributed by atoms with Crippen LogP contribution in [-0.2, 0) is 4.74 Å². The lowest BCUT2D eigenvalue weighted by Crippen LogP contribution is -2.36. The van der Waals surface area contributed by atoms with Crippen LogP contribution < -0.4 is 10.6 Å². The Morgan fingerprint density at radius 2 is 1.90 bits per heavy atom. The first kappa shape index (κ1) is 16.9. The first-order chi connectivity index (χ1) is 10.0. The number of rotatable bonds is 8. The van der Waals surface area contributed by atoms with Gasteiger partial charge >= 0.3 is 12.0 Å². The van der Waals surface area contributed by atoms with E-state index in [1.807, 2.05) is 11.9 Å². The van der Waals surface area contributed by atoms with Gasteiger partial charge in [0.25, 0.3) is 0 Å². The van der Waals surface area contributed by atoms with Crippen LogP contribution in [0.1, 0.15) is 10.4 Å². The summed E-state index contributed by atoms with van der Waals surface area (Å²) in [6, 6.07) is 5.66. The van der Waals surface area contributed by atoms with Gasteiger partial charge in [-0.25, -0.2) is 9.59 Å². The Labute approximate surface area is 123 Å². The highest BCUT2D eigenvalue weighted by molar-refractivity contribution is 5.91. The molecule has 0 unspecified atom stereocenters. The van der Waals surface area contributed by atoms with Crippen molar-refractivity contribution < 1.29 is 19.4 Å². The van der Waals surface area contributed by atoms with Crippen molar-refractivity contribution >= 4 is 17.7 Å². The van der Waals surface area contributed by atoms with E-state index in [9.17, 15) is 9.59 Å². The SMILES string of the molecule is COCCN(C)CCNC(=O)Nc1ccc(C(=O)O)cc1. The van der Waals surface area contributed by atoms with Gasteiger partial charge in [0.15, 0.2) is 0 Å². The van der Waals surface area contributed by atoms with Crippen LogP contribution in [-0.4, -0.2) is 62.4 Å². The topological polar surface area (TPSA) is 90.9 Å². The number of hydrogen-bond donors (Lipinski definition) is 3. The molecule has 1 aromatic rings. The minimum absolute atomic E-state index is 0.181. The molecule has 0 aliphatic carbocycles. The van der Waals surface area contributed by atoms with Crippen LogP contribution in [0.15, 0.2) is 24.3 Å². The first-order valence-electron chi connectivity index (χ1n) is 6.58. The standard InChI is InChI=1S/C14H21N3O4/c1-17(9-10-21-2)8-7-15-14(20)16-12-5-3-11(4-6-12)13(18)19/h3-6H,7-10H2,1-2H3,(H,18,19)(H2,15,16,20). The smallest absolute Gasteiger partial charge is 0.335 e. The number of amides is 2. The van der Waals surface area contributed by atoms with Crippen LogP contribution in [0, 0.1) is 0 Å². The average Bonchev–Trinajstić information content (AvgIpc) is 2.45. The third kappa shape index (κ3) is 6.73. The number of carbonyl (C=O) groups excluding carboxylic acids is 1. The second kappa shape index (κ2) is 8.93. The van der Waals surface area contributed by atoms with Crippen LogP contribution in [0.3, 0.4) is 0 Å². The number of hydrogen-bond acceptors (Lipinski definition) is 4. The van der Waals surface area contributed by atoms with Gasteiger partial charge in [-0.1, -0.05) is 0 Å². The molecule has 1 aromatic carbocycles. The zero-order chi connectivity index (χ0) is 15.7. The number of carboxylic acid groups (broad SMARTS) is 1. The number of benzene rings is 1. The van der Waals surface area contributed by atoms with Gasteiger partial charge in [0.1, 0.15) is 0 Å². The molecule has 0 heterocycles. The highest BCUT2D eigenvalue weighted by Crippen LogP contribution is 2.09. The minimum atomic E-state index is -0.995. The van der Waals surface area contributed by atoms with Gasteiger partial charge in [0.05, 0.1) is 12.2 Å². The maximum absolute atomic E-state index is 11.6. The number of urea groups is 1. The lowest BCUT2D eigenvalue weighted by Gasteiger charge is -2.16. The summed E-state index contributed by atoms with van der Waals surface area (Å²) in [4.78, 5) is 24.4. The summed E-state index contributed by atoms with van der Waals surface area (Å²) < 4.78 is 4.96. The molecule has 0 fully saturated rings. The lowest BCUT2D eigenvalue weighted by atomic mass is 10.2. The Balaban J connectivity index is 2.28. The fraction of sp³-hybridized carbons (Fsp3) is 0.429. The third-order valence-corrected chi connectivity index (χ3v) is 2.85. The zero-order valence-corrected chi connectivity index (χ0v) is 12.3. The van der Waals surface area contributed by atoms with E-state index in [-0.39, 0.29) is 11.6 Å². The van der Waals surface area contributed by atoms with Gasteiger partial charge in [-0.15, -0.1) is 0 Å². The average molecular weight is 295 g/mol. The Kier molecular flexibility index (Phi) is 7.20. The summed E-state index contributed by atoms with van der Waals surface area (Å²) in [5.41, 5.74) is 0.728. The summed E-state index contributed by atoms with van der Waals surface area (Å²) in [7, 11) is 3.60. The lowest BCUT2D eigenvalue weighted by molar-refractivity contribution is 0.0697. The van der Waals surface area contributed by atoms with Crippen LogP contribution in [0.25, 0.3) is 0 Å². The third-order valence-electron chi connectivity index (χ3n) is 2.85. The summed E-state index contributed by atoms with van der Waals surface area (Å²) in [5, 5.41) is 14.1. The number of carbonyl (C=O) groups is 2. The van der Waals surface area contributed by atoms with Crippen molar-refractivity contribution in [2.75, 3.05) is 45.7 Å². The summed E-state index contributed by atoms with van der Waals surface area (Å²) in [6.45, 7) is 2.68. The highest BCUT2D eigenvalue weighted by Gasteiger charge is 2.05. The number of likely N-dealkylation sites (N-methyl/N-ethyl adjacent to an activating group) is 1. The molecule has 0 atom stereocenters. The Hall–Kier alpha value is -2.12. The predicted octanol–water partition coefficient (Wildman–Crippen LogP) is 1.08. The fourth-order valence-corrected chi connectivity index (χ4v) is 1.59. The molecular formula is C14H21N3O4. The van der Waals surface area contributed by atoms with E-state index in [1.165, 1.54) is 12.1 Å². The number of nitrogens with zero attached hydrogens (tertiary/aromatic N) is 1. The highest BCUT2D eigenvalue weighted by atomic mass is 16.5. The van der Waals surface area contributed by atoms with Crippen molar-refractivity contribution in [2.24, 2.45) is 0 Å². The van der Waals surface area contributed by atoms with E-state index in [0.29, 0.717) is 25.4 Å². The molecule has 0 spiro atoms. The van der Waals surface area contributed by atoms with Crippen molar-refractivity contribution in [3.05, 3.63) is 29.8 Å². The second-order valence-corrected chi connectivity index (χ2v) is 4.56. The molecule has 0 bridgehead atoms. The molecule has 21 heavy (non-hydrogen) atoms. The Morgan fingerprint density at radius 3 is 2.48 bits per heavy atom. The number of anilines is 1. The van der Waals surface area contributed by atoms with E-state index < -0.39 is 5.97 Å². The Morgan fingerprint density at radius 1 is 1.24 bits per heavy atom. The number of ether oxygens (including phenoxy) is 1. The summed E-state index contributed by atoms with van der Waals surface area (Å²) >= 11 is 0. The number of methoxy groups -OCH3 is 1. The second-order valence-electron chi connectivity index (χ2n) is 4.56. The van der Waals surface area contributed by atoms with Crippen LogP contribution >= 0.6 is 0 Å². The van der Waals surface area contributed by atoms with E-state index in [0.717, 1.165) is 6.54 Å². The first-order valence-corrected chi connectivity index (χ1v) is 6.58. The molecule has 0 aliphatic rings. The molecule has 7 nitrogen and oxygen atoms in total. The number of nitrogens with one attached hydrogen (secondary N) is 2. The molecule has 0 radical (unpaired) electrons. The van der Waals surface area contributed by atoms with Crippen molar-refractivity contribution in [2.45, 2.75) is 0 Å². The molecule has 0 aromatic heterocycles. The Bertz CT molecular complexity index is 462. The van der Waals surface area contributed by atoms with Gasteiger partial charge in [-0.2, -0.15) is 0 Å².